The zero-order chi connectivity index (χ0) is 24.6. The van der Waals surface area contributed by atoms with E-state index in [2.05, 4.69) is 25.4 Å². The highest BCUT2D eigenvalue weighted by Gasteiger charge is 2.67. The number of aryl methyl sites for hydroxylation is 1. The number of aliphatic hydroxyl groups excluding tert-OH is 1. The molecule has 4 N–H and O–H groups in total. The van der Waals surface area contributed by atoms with Crippen molar-refractivity contribution >= 4 is 39.5 Å². The van der Waals surface area contributed by atoms with Crippen molar-refractivity contribution in [1.29, 1.82) is 0 Å². The van der Waals surface area contributed by atoms with Crippen molar-refractivity contribution in [1.82, 2.24) is 35.1 Å². The van der Waals surface area contributed by atoms with Gasteiger partial charge >= 0.3 is 0 Å². The van der Waals surface area contributed by atoms with E-state index < -0.39 is 0 Å². The number of nitrogens with two attached hydrogens (primary N) is 1. The van der Waals surface area contributed by atoms with Gasteiger partial charge in [-0.1, -0.05) is 16.8 Å². The van der Waals surface area contributed by atoms with Crippen LogP contribution in [0.15, 0.2) is 35.1 Å². The first kappa shape index (κ1) is 21.7. The summed E-state index contributed by atoms with van der Waals surface area (Å²) >= 11 is 6.72. The lowest BCUT2D eigenvalue weighted by molar-refractivity contribution is 0.228. The normalized spacial score (nSPS) is 23.5. The van der Waals surface area contributed by atoms with Crippen molar-refractivity contribution in [3.05, 3.63) is 47.1 Å². The molecule has 0 radical (unpaired) electrons. The Morgan fingerprint density at radius 2 is 2.22 bits per heavy atom. The molecular formula is C24H24ClN9O2. The Balaban J connectivity index is 1.18. The number of H-pyrrole nitrogens is 1. The second-order valence-electron chi connectivity index (χ2n) is 9.69. The van der Waals surface area contributed by atoms with E-state index in [1.54, 1.807) is 10.9 Å². The van der Waals surface area contributed by atoms with E-state index in [0.29, 0.717) is 46.0 Å². The van der Waals surface area contributed by atoms with Gasteiger partial charge in [0.05, 0.1) is 22.4 Å². The first-order valence-electron chi connectivity index (χ1n) is 11.9. The number of benzene rings is 1. The van der Waals surface area contributed by atoms with Gasteiger partial charge in [-0.05, 0) is 30.4 Å². The molecule has 1 saturated heterocycles. The predicted molar refractivity (Wildman–Crippen MR) is 133 cm³/mol. The molecule has 36 heavy (non-hydrogen) atoms. The van der Waals surface area contributed by atoms with Gasteiger partial charge in [0.15, 0.2) is 11.4 Å². The minimum atomic E-state index is -0.216. The smallest absolute Gasteiger partial charge is 0.177 e. The van der Waals surface area contributed by atoms with Crippen LogP contribution in [0.4, 0.5) is 5.82 Å². The molecule has 11 nitrogen and oxygen atoms in total. The molecule has 3 unspecified atom stereocenters. The number of aromatic amines is 1. The topological polar surface area (TPSA) is 148 Å². The zero-order valence-corrected chi connectivity index (χ0v) is 20.3. The number of hydrogen-bond donors (Lipinski definition) is 3. The Hall–Kier alpha value is -3.54. The Kier molecular flexibility index (Phi) is 4.66. The molecule has 12 heteroatoms. The molecule has 1 saturated carbocycles. The summed E-state index contributed by atoms with van der Waals surface area (Å²) in [5.41, 5.74) is 10.4. The van der Waals surface area contributed by atoms with E-state index in [0.717, 1.165) is 47.5 Å². The number of aliphatic hydroxyl groups is 1. The molecule has 1 aromatic carbocycles. The lowest BCUT2D eigenvalue weighted by Crippen LogP contribution is -2.32. The fourth-order valence-corrected chi connectivity index (χ4v) is 6.37. The Morgan fingerprint density at radius 3 is 3.03 bits per heavy atom. The number of aromatic nitrogens is 7. The molecule has 7 rings (SSSR count). The quantitative estimate of drug-likeness (QED) is 0.327. The monoisotopic (exact) mass is 505 g/mol. The highest BCUT2D eigenvalue weighted by Crippen LogP contribution is 2.62. The van der Waals surface area contributed by atoms with Gasteiger partial charge in [-0.15, -0.1) is 0 Å². The Labute approximate surface area is 210 Å². The minimum absolute atomic E-state index is 0.168. The van der Waals surface area contributed by atoms with Gasteiger partial charge < -0.3 is 20.3 Å². The average Bonchev–Trinajstić information content (AvgIpc) is 3.32. The standard InChI is InChI=1S/C24H24ClN9O2/c1-33-8-14-17(31-33)3-2-13(20(14)25)21-22-23(30-29-21)28-19(7-27-22)34-5-4-15-16(9-34)24(15,11-26)18-6-12(10-35)36-32-18/h2-3,6-8,15-16,35H,4-5,9-11,26H2,1H3,(H,28,29,30). The largest absolute Gasteiger partial charge is 0.388 e. The third kappa shape index (κ3) is 2.96. The van der Waals surface area contributed by atoms with Crippen LogP contribution in [0.2, 0.25) is 5.02 Å². The highest BCUT2D eigenvalue weighted by molar-refractivity contribution is 6.38. The molecule has 1 aliphatic carbocycles. The van der Waals surface area contributed by atoms with Gasteiger partial charge in [0.25, 0.3) is 0 Å². The van der Waals surface area contributed by atoms with Crippen LogP contribution in [0.3, 0.4) is 0 Å². The summed E-state index contributed by atoms with van der Waals surface area (Å²) in [6.45, 7) is 1.97. The van der Waals surface area contributed by atoms with Crippen molar-refractivity contribution in [2.45, 2.75) is 18.4 Å². The van der Waals surface area contributed by atoms with Gasteiger partial charge in [-0.25, -0.2) is 9.97 Å². The van der Waals surface area contributed by atoms with Gasteiger partial charge in [0, 0.05) is 55.3 Å². The summed E-state index contributed by atoms with van der Waals surface area (Å²) in [6, 6.07) is 5.68. The maximum absolute atomic E-state index is 9.38. The molecule has 0 spiro atoms. The fourth-order valence-electron chi connectivity index (χ4n) is 6.07. The van der Waals surface area contributed by atoms with E-state index in [1.165, 1.54) is 0 Å². The maximum Gasteiger partial charge on any atom is 0.177 e. The van der Waals surface area contributed by atoms with Crippen molar-refractivity contribution in [2.75, 3.05) is 24.5 Å². The van der Waals surface area contributed by atoms with Gasteiger partial charge in [0.1, 0.15) is 23.6 Å². The van der Waals surface area contributed by atoms with E-state index in [-0.39, 0.29) is 12.0 Å². The first-order chi connectivity index (χ1) is 17.5. The molecule has 3 atom stereocenters. The van der Waals surface area contributed by atoms with E-state index in [1.807, 2.05) is 31.4 Å². The molecule has 5 heterocycles. The van der Waals surface area contributed by atoms with Crippen LogP contribution in [0.1, 0.15) is 17.9 Å². The van der Waals surface area contributed by atoms with Crippen molar-refractivity contribution < 1.29 is 9.63 Å². The number of fused-ring (bicyclic) bond motifs is 3. The lowest BCUT2D eigenvalue weighted by Gasteiger charge is -2.26. The number of nitrogens with one attached hydrogen (secondary N) is 1. The van der Waals surface area contributed by atoms with E-state index in [4.69, 9.17) is 31.8 Å². The minimum Gasteiger partial charge on any atom is -0.388 e. The summed E-state index contributed by atoms with van der Waals surface area (Å²) in [4.78, 5) is 11.8. The molecule has 0 bridgehead atoms. The third-order valence-electron chi connectivity index (χ3n) is 7.93. The average molecular weight is 506 g/mol. The summed E-state index contributed by atoms with van der Waals surface area (Å²) in [6.07, 6.45) is 4.66. The highest BCUT2D eigenvalue weighted by atomic mass is 35.5. The predicted octanol–water partition coefficient (Wildman–Crippen LogP) is 2.39. The lowest BCUT2D eigenvalue weighted by atomic mass is 9.96. The summed E-state index contributed by atoms with van der Waals surface area (Å²) in [5, 5.41) is 27.0. The molecule has 4 aromatic heterocycles. The van der Waals surface area contributed by atoms with Crippen LogP contribution in [0.5, 0.6) is 0 Å². The number of hydrogen-bond acceptors (Lipinski definition) is 9. The number of anilines is 1. The number of rotatable bonds is 5. The molecule has 184 valence electrons. The van der Waals surface area contributed by atoms with Crippen LogP contribution in [-0.2, 0) is 19.1 Å². The second kappa shape index (κ2) is 7.73. The Bertz CT molecular complexity index is 1620. The number of piperidine rings is 1. The van der Waals surface area contributed by atoms with Crippen molar-refractivity contribution in [3.8, 4) is 11.3 Å². The van der Waals surface area contributed by atoms with Crippen LogP contribution in [0, 0.1) is 11.8 Å². The van der Waals surface area contributed by atoms with Gasteiger partial charge in [0.2, 0.25) is 0 Å². The van der Waals surface area contributed by atoms with Crippen LogP contribution in [-0.4, -0.2) is 59.8 Å². The molecule has 0 amide bonds. The summed E-state index contributed by atoms with van der Waals surface area (Å²) in [5.74, 6) is 2.04. The summed E-state index contributed by atoms with van der Waals surface area (Å²) in [7, 11) is 1.87. The zero-order valence-electron chi connectivity index (χ0n) is 19.5. The van der Waals surface area contributed by atoms with Crippen LogP contribution in [0.25, 0.3) is 33.3 Å². The number of halogens is 1. The third-order valence-corrected chi connectivity index (χ3v) is 8.34. The van der Waals surface area contributed by atoms with E-state index >= 15 is 0 Å². The van der Waals surface area contributed by atoms with Gasteiger partial charge in [-0.2, -0.15) is 10.2 Å². The van der Waals surface area contributed by atoms with Crippen LogP contribution < -0.4 is 10.6 Å². The second-order valence-corrected chi connectivity index (χ2v) is 10.1. The molecule has 5 aromatic rings. The summed E-state index contributed by atoms with van der Waals surface area (Å²) < 4.78 is 7.00. The maximum atomic E-state index is 9.38. The molecule has 2 fully saturated rings. The number of nitrogens with zero attached hydrogens (tertiary/aromatic N) is 7. The SMILES string of the molecule is Cn1cc2c(Cl)c(-c3n[nH]c4nc(N5CCC6C(C5)C6(CN)c5cc(CO)on5)cnc34)ccc2n1. The fraction of sp³-hybridized carbons (Fsp3) is 0.375. The van der Waals surface area contributed by atoms with Crippen molar-refractivity contribution in [3.63, 3.8) is 0 Å². The molecule has 2 aliphatic rings. The van der Waals surface area contributed by atoms with Crippen molar-refractivity contribution in [2.24, 2.45) is 24.6 Å². The van der Waals surface area contributed by atoms with Gasteiger partial charge in [-0.3, -0.25) is 9.78 Å². The first-order valence-corrected chi connectivity index (χ1v) is 12.3. The van der Waals surface area contributed by atoms with Crippen LogP contribution >= 0.6 is 11.6 Å². The van der Waals surface area contributed by atoms with E-state index in [9.17, 15) is 5.11 Å². The molecule has 1 aliphatic heterocycles. The molecular weight excluding hydrogens is 482 g/mol. The Morgan fingerprint density at radius 1 is 1.33 bits per heavy atom.